The molecule has 0 spiro atoms. The Labute approximate surface area is 121 Å². The number of rotatable bonds is 4. The molecule has 0 aliphatic carbocycles. The molecule has 2 rings (SSSR count). The molecule has 0 bridgehead atoms. The van der Waals surface area contributed by atoms with Gasteiger partial charge in [0.2, 0.25) is 0 Å². The van der Waals surface area contributed by atoms with Crippen LogP contribution in [0, 0.1) is 0 Å². The van der Waals surface area contributed by atoms with Gasteiger partial charge in [-0.2, -0.15) is 11.8 Å². The maximum atomic E-state index is 11.2. The highest BCUT2D eigenvalue weighted by atomic mass is 35.5. The lowest BCUT2D eigenvalue weighted by Crippen LogP contribution is -2.21. The third-order valence-corrected chi connectivity index (χ3v) is 4.82. The lowest BCUT2D eigenvalue weighted by molar-refractivity contribution is 0.0698. The molecule has 1 heterocycles. The van der Waals surface area contributed by atoms with Crippen molar-refractivity contribution < 1.29 is 9.90 Å². The summed E-state index contributed by atoms with van der Waals surface area (Å²) >= 11 is 8.01. The smallest absolute Gasteiger partial charge is 0.337 e. The van der Waals surface area contributed by atoms with Gasteiger partial charge in [0.25, 0.3) is 0 Å². The van der Waals surface area contributed by atoms with E-state index >= 15 is 0 Å². The molecular weight excluding hydrogens is 284 g/mol. The van der Waals surface area contributed by atoms with Crippen molar-refractivity contribution in [2.75, 3.05) is 23.3 Å². The van der Waals surface area contributed by atoms with Gasteiger partial charge in [0.1, 0.15) is 0 Å². The molecule has 1 saturated heterocycles. The predicted octanol–water partition coefficient (Wildman–Crippen LogP) is 3.32. The molecule has 0 amide bonds. The molecule has 0 saturated carbocycles. The molecule has 1 atom stereocenters. The SMILES string of the molecule is Nc1cc(Cl)c(NCC2CCCCS2)c(C(=O)O)c1. The van der Waals surface area contributed by atoms with E-state index in [1.54, 1.807) is 6.07 Å². The molecule has 4 N–H and O–H groups in total. The van der Waals surface area contributed by atoms with Gasteiger partial charge >= 0.3 is 5.97 Å². The molecule has 1 aliphatic heterocycles. The summed E-state index contributed by atoms with van der Waals surface area (Å²) in [5.41, 5.74) is 6.58. The average molecular weight is 301 g/mol. The lowest BCUT2D eigenvalue weighted by atomic mass is 10.1. The second kappa shape index (κ2) is 6.39. The van der Waals surface area contributed by atoms with Crippen LogP contribution in [0.4, 0.5) is 11.4 Å². The minimum absolute atomic E-state index is 0.130. The summed E-state index contributed by atoms with van der Waals surface area (Å²) in [6, 6.07) is 3.01. The molecule has 1 fully saturated rings. The van der Waals surface area contributed by atoms with Gasteiger partial charge in [-0.1, -0.05) is 18.0 Å². The van der Waals surface area contributed by atoms with Crippen molar-refractivity contribution in [3.63, 3.8) is 0 Å². The molecular formula is C13H17ClN2O2S. The summed E-state index contributed by atoms with van der Waals surface area (Å²) in [6.07, 6.45) is 3.66. The highest BCUT2D eigenvalue weighted by Gasteiger charge is 2.18. The molecule has 1 aromatic rings. The number of nitrogens with one attached hydrogen (secondary N) is 1. The first kappa shape index (κ1) is 14.3. The molecule has 1 aliphatic rings. The molecule has 1 unspecified atom stereocenters. The number of aromatic carboxylic acids is 1. The Morgan fingerprint density at radius 1 is 1.53 bits per heavy atom. The van der Waals surface area contributed by atoms with Crippen molar-refractivity contribution >= 4 is 40.7 Å². The zero-order chi connectivity index (χ0) is 13.8. The first-order valence-corrected chi connectivity index (χ1v) is 7.68. The molecule has 6 heteroatoms. The quantitative estimate of drug-likeness (QED) is 0.744. The summed E-state index contributed by atoms with van der Waals surface area (Å²) in [5.74, 6) is 0.154. The van der Waals surface area contributed by atoms with Crippen LogP contribution >= 0.6 is 23.4 Å². The lowest BCUT2D eigenvalue weighted by Gasteiger charge is -2.23. The van der Waals surface area contributed by atoms with Gasteiger partial charge in [-0.15, -0.1) is 0 Å². The number of carboxylic acid groups (broad SMARTS) is 1. The van der Waals surface area contributed by atoms with E-state index in [-0.39, 0.29) is 5.56 Å². The predicted molar refractivity (Wildman–Crippen MR) is 81.4 cm³/mol. The van der Waals surface area contributed by atoms with Crippen molar-refractivity contribution in [3.05, 3.63) is 22.7 Å². The summed E-state index contributed by atoms with van der Waals surface area (Å²) in [7, 11) is 0. The number of nitrogen functional groups attached to an aromatic ring is 1. The number of nitrogens with two attached hydrogens (primary N) is 1. The van der Waals surface area contributed by atoms with Gasteiger partial charge in [0.05, 0.1) is 16.3 Å². The first-order chi connectivity index (χ1) is 9.08. The minimum atomic E-state index is -1.02. The zero-order valence-electron chi connectivity index (χ0n) is 10.5. The monoisotopic (exact) mass is 300 g/mol. The normalized spacial score (nSPS) is 19.1. The molecule has 0 radical (unpaired) electrons. The van der Waals surface area contributed by atoms with E-state index in [0.29, 0.717) is 21.6 Å². The fraction of sp³-hybridized carbons (Fsp3) is 0.462. The zero-order valence-corrected chi connectivity index (χ0v) is 12.1. The highest BCUT2D eigenvalue weighted by molar-refractivity contribution is 7.99. The topological polar surface area (TPSA) is 75.3 Å². The second-order valence-corrected chi connectivity index (χ2v) is 6.42. The number of hydrogen-bond acceptors (Lipinski definition) is 4. The Kier molecular flexibility index (Phi) is 4.82. The summed E-state index contributed by atoms with van der Waals surface area (Å²) in [6.45, 7) is 0.731. The van der Waals surface area contributed by atoms with Crippen LogP contribution in [0.25, 0.3) is 0 Å². The van der Waals surface area contributed by atoms with Crippen LogP contribution in [-0.2, 0) is 0 Å². The molecule has 104 valence electrons. The van der Waals surface area contributed by atoms with Crippen LogP contribution in [0.1, 0.15) is 29.6 Å². The van der Waals surface area contributed by atoms with Gasteiger partial charge in [-0.05, 0) is 30.7 Å². The fourth-order valence-corrected chi connectivity index (χ4v) is 3.69. The maximum absolute atomic E-state index is 11.2. The summed E-state index contributed by atoms with van der Waals surface area (Å²) in [4.78, 5) is 11.2. The van der Waals surface area contributed by atoms with Crippen LogP contribution in [0.2, 0.25) is 5.02 Å². The van der Waals surface area contributed by atoms with Gasteiger partial charge in [0.15, 0.2) is 0 Å². The van der Waals surface area contributed by atoms with Crippen molar-refractivity contribution in [3.8, 4) is 0 Å². The van der Waals surface area contributed by atoms with E-state index in [9.17, 15) is 9.90 Å². The molecule has 4 nitrogen and oxygen atoms in total. The van der Waals surface area contributed by atoms with E-state index in [1.165, 1.54) is 24.7 Å². The maximum Gasteiger partial charge on any atom is 0.337 e. The van der Waals surface area contributed by atoms with Crippen LogP contribution in [0.15, 0.2) is 12.1 Å². The van der Waals surface area contributed by atoms with Gasteiger partial charge in [-0.3, -0.25) is 0 Å². The number of carbonyl (C=O) groups is 1. The number of carboxylic acids is 1. The summed E-state index contributed by atoms with van der Waals surface area (Å²) < 4.78 is 0. The standard InChI is InChI=1S/C13H17ClN2O2S/c14-11-6-8(15)5-10(13(17)18)12(11)16-7-9-3-1-2-4-19-9/h5-6,9,16H,1-4,7,15H2,(H,17,18). The Morgan fingerprint density at radius 2 is 2.32 bits per heavy atom. The largest absolute Gasteiger partial charge is 0.478 e. The summed E-state index contributed by atoms with van der Waals surface area (Å²) in [5, 5.41) is 13.2. The van der Waals surface area contributed by atoms with Crippen LogP contribution in [-0.4, -0.2) is 28.6 Å². The number of thioether (sulfide) groups is 1. The second-order valence-electron chi connectivity index (χ2n) is 4.60. The first-order valence-electron chi connectivity index (χ1n) is 6.25. The number of anilines is 2. The molecule has 0 aromatic heterocycles. The number of benzene rings is 1. The van der Waals surface area contributed by atoms with Crippen LogP contribution in [0.5, 0.6) is 0 Å². The van der Waals surface area contributed by atoms with Crippen molar-refractivity contribution in [1.82, 2.24) is 0 Å². The Hall–Kier alpha value is -1.07. The van der Waals surface area contributed by atoms with Gasteiger partial charge in [-0.25, -0.2) is 4.79 Å². The minimum Gasteiger partial charge on any atom is -0.478 e. The Balaban J connectivity index is 2.12. The third-order valence-electron chi connectivity index (χ3n) is 3.12. The Morgan fingerprint density at radius 3 is 2.95 bits per heavy atom. The van der Waals surface area contributed by atoms with Gasteiger partial charge in [0, 0.05) is 17.5 Å². The molecule has 1 aromatic carbocycles. The van der Waals surface area contributed by atoms with E-state index in [4.69, 9.17) is 17.3 Å². The van der Waals surface area contributed by atoms with Crippen molar-refractivity contribution in [1.29, 1.82) is 0 Å². The van der Waals surface area contributed by atoms with Crippen LogP contribution in [0.3, 0.4) is 0 Å². The number of hydrogen-bond donors (Lipinski definition) is 3. The van der Waals surface area contributed by atoms with Crippen molar-refractivity contribution in [2.24, 2.45) is 0 Å². The highest BCUT2D eigenvalue weighted by Crippen LogP contribution is 2.31. The Bertz CT molecular complexity index is 476. The number of halogens is 1. The molecule has 19 heavy (non-hydrogen) atoms. The van der Waals surface area contributed by atoms with E-state index in [0.717, 1.165) is 13.0 Å². The van der Waals surface area contributed by atoms with E-state index in [2.05, 4.69) is 5.32 Å². The fourth-order valence-electron chi connectivity index (χ4n) is 2.16. The average Bonchev–Trinajstić information content (AvgIpc) is 2.38. The van der Waals surface area contributed by atoms with Crippen LogP contribution < -0.4 is 11.1 Å². The van der Waals surface area contributed by atoms with Gasteiger partial charge < -0.3 is 16.2 Å². The van der Waals surface area contributed by atoms with E-state index in [1.807, 2.05) is 11.8 Å². The van der Waals surface area contributed by atoms with Crippen molar-refractivity contribution in [2.45, 2.75) is 24.5 Å². The third kappa shape index (κ3) is 3.70. The van der Waals surface area contributed by atoms with E-state index < -0.39 is 5.97 Å².